The predicted octanol–water partition coefficient (Wildman–Crippen LogP) is 1.26. The largest absolute Gasteiger partial charge is 0.453 e. The third kappa shape index (κ3) is 6.29. The molecule has 172 valence electrons. The second-order valence-electron chi connectivity index (χ2n) is 7.12. The van der Waals surface area contributed by atoms with Crippen molar-refractivity contribution >= 4 is 34.6 Å². The molecule has 5 N–H and O–H groups in total. The van der Waals surface area contributed by atoms with Crippen LogP contribution in [0.1, 0.15) is 18.7 Å². The first-order chi connectivity index (χ1) is 15.9. The number of fused-ring (bicyclic) bond motifs is 1. The maximum absolute atomic E-state index is 12.9. The number of benzene rings is 1. The molecule has 0 saturated heterocycles. The lowest BCUT2D eigenvalue weighted by Gasteiger charge is -2.17. The summed E-state index contributed by atoms with van der Waals surface area (Å²) >= 11 is 0. The van der Waals surface area contributed by atoms with Gasteiger partial charge in [0.15, 0.2) is 0 Å². The number of primary amides is 1. The van der Waals surface area contributed by atoms with Crippen molar-refractivity contribution in [2.24, 2.45) is 5.73 Å². The van der Waals surface area contributed by atoms with Crippen LogP contribution in [0.4, 0.5) is 10.5 Å². The zero-order chi connectivity index (χ0) is 23.8. The van der Waals surface area contributed by atoms with Crippen molar-refractivity contribution in [3.8, 4) is 0 Å². The average molecular weight is 452 g/mol. The molecular formula is C22H24N6O5. The molecule has 0 spiro atoms. The first-order valence-corrected chi connectivity index (χ1v) is 10.1. The lowest BCUT2D eigenvalue weighted by Crippen LogP contribution is -2.44. The maximum Gasteiger partial charge on any atom is 0.407 e. The van der Waals surface area contributed by atoms with Gasteiger partial charge in [0.2, 0.25) is 11.8 Å². The molecule has 2 aromatic heterocycles. The molecule has 0 aliphatic carbocycles. The number of carbonyl (C=O) groups excluding carboxylic acids is 3. The van der Waals surface area contributed by atoms with Gasteiger partial charge in [0.1, 0.15) is 17.6 Å². The van der Waals surface area contributed by atoms with Crippen LogP contribution in [-0.2, 0) is 20.9 Å². The van der Waals surface area contributed by atoms with E-state index in [9.17, 15) is 19.2 Å². The van der Waals surface area contributed by atoms with E-state index in [4.69, 9.17) is 5.73 Å². The van der Waals surface area contributed by atoms with E-state index in [0.29, 0.717) is 5.82 Å². The fraction of sp³-hybridized carbons (Fsp3) is 0.227. The zero-order valence-corrected chi connectivity index (χ0v) is 17.9. The molecule has 2 heterocycles. The molecule has 1 unspecified atom stereocenters. The number of ether oxygens (including phenoxy) is 1. The van der Waals surface area contributed by atoms with Gasteiger partial charge in [0, 0.05) is 6.20 Å². The molecule has 3 aromatic rings. The Bertz CT molecular complexity index is 1210. The Labute approximate surface area is 188 Å². The maximum atomic E-state index is 12.9. The number of anilines is 1. The summed E-state index contributed by atoms with van der Waals surface area (Å²) in [6.07, 6.45) is 3.89. The van der Waals surface area contributed by atoms with E-state index in [1.165, 1.54) is 29.9 Å². The molecule has 1 atom stereocenters. The minimum absolute atomic E-state index is 0.0444. The quantitative estimate of drug-likeness (QED) is 0.357. The SMILES string of the molecule is COC(=O)NC(CCC=CC(N)=O)C(=O)Nc1cccn(Cc2nc3ccccc3[nH]2)c1=O. The number of allylic oxidation sites excluding steroid dienone is 1. The molecule has 1 aromatic carbocycles. The summed E-state index contributed by atoms with van der Waals surface area (Å²) in [4.78, 5) is 55.7. The number of nitrogens with one attached hydrogen (secondary N) is 3. The Kier molecular flexibility index (Phi) is 7.58. The number of aromatic amines is 1. The van der Waals surface area contributed by atoms with Gasteiger partial charge >= 0.3 is 6.09 Å². The minimum Gasteiger partial charge on any atom is -0.453 e. The van der Waals surface area contributed by atoms with Crippen molar-refractivity contribution in [2.75, 3.05) is 12.4 Å². The highest BCUT2D eigenvalue weighted by atomic mass is 16.5. The highest BCUT2D eigenvalue weighted by Crippen LogP contribution is 2.11. The summed E-state index contributed by atoms with van der Waals surface area (Å²) in [6.45, 7) is 0.180. The summed E-state index contributed by atoms with van der Waals surface area (Å²) in [6, 6.07) is 9.60. The lowest BCUT2D eigenvalue weighted by atomic mass is 10.1. The van der Waals surface area contributed by atoms with E-state index < -0.39 is 29.5 Å². The highest BCUT2D eigenvalue weighted by Gasteiger charge is 2.22. The van der Waals surface area contributed by atoms with E-state index in [1.54, 1.807) is 12.3 Å². The van der Waals surface area contributed by atoms with Gasteiger partial charge in [0.05, 0.1) is 24.7 Å². The molecule has 11 nitrogen and oxygen atoms in total. The summed E-state index contributed by atoms with van der Waals surface area (Å²) in [5.41, 5.74) is 6.29. The Balaban J connectivity index is 1.74. The number of carbonyl (C=O) groups is 3. The number of hydrogen-bond acceptors (Lipinski definition) is 6. The van der Waals surface area contributed by atoms with Crippen molar-refractivity contribution in [2.45, 2.75) is 25.4 Å². The van der Waals surface area contributed by atoms with Crippen LogP contribution in [0.5, 0.6) is 0 Å². The standard InChI is InChI=1S/C22H24N6O5/c1-33-22(32)27-16(9-4-5-11-18(23)29)20(30)26-17-10-6-12-28(21(17)31)13-19-24-14-7-2-3-8-15(14)25-19/h2-3,5-8,10-12,16H,4,9,13H2,1H3,(H2,23,29)(H,24,25)(H,26,30)(H,27,32). The van der Waals surface area contributed by atoms with Gasteiger partial charge in [-0.2, -0.15) is 0 Å². The van der Waals surface area contributed by atoms with Crippen LogP contribution in [0.15, 0.2) is 59.5 Å². The van der Waals surface area contributed by atoms with Gasteiger partial charge in [-0.25, -0.2) is 9.78 Å². The van der Waals surface area contributed by atoms with Crippen molar-refractivity contribution < 1.29 is 19.1 Å². The zero-order valence-electron chi connectivity index (χ0n) is 17.9. The van der Waals surface area contributed by atoms with Gasteiger partial charge in [0.25, 0.3) is 5.56 Å². The smallest absolute Gasteiger partial charge is 0.407 e. The van der Waals surface area contributed by atoms with Gasteiger partial charge in [-0.1, -0.05) is 18.2 Å². The van der Waals surface area contributed by atoms with Gasteiger partial charge < -0.3 is 30.7 Å². The number of pyridine rings is 1. The summed E-state index contributed by atoms with van der Waals surface area (Å²) < 4.78 is 5.97. The number of para-hydroxylation sites is 2. The summed E-state index contributed by atoms with van der Waals surface area (Å²) in [5.74, 6) is -0.633. The van der Waals surface area contributed by atoms with E-state index in [1.807, 2.05) is 24.3 Å². The second kappa shape index (κ2) is 10.8. The molecule has 3 amide bonds. The molecule has 0 saturated carbocycles. The average Bonchev–Trinajstić information content (AvgIpc) is 3.20. The van der Waals surface area contributed by atoms with Gasteiger partial charge in [-0.15, -0.1) is 0 Å². The van der Waals surface area contributed by atoms with E-state index in [2.05, 4.69) is 25.3 Å². The minimum atomic E-state index is -1.00. The Morgan fingerprint density at radius 1 is 1.24 bits per heavy atom. The third-order valence-electron chi connectivity index (χ3n) is 4.73. The Morgan fingerprint density at radius 2 is 2.03 bits per heavy atom. The predicted molar refractivity (Wildman–Crippen MR) is 121 cm³/mol. The van der Waals surface area contributed by atoms with Crippen molar-refractivity contribution in [3.63, 3.8) is 0 Å². The number of nitrogens with two attached hydrogens (primary N) is 1. The first-order valence-electron chi connectivity index (χ1n) is 10.1. The fourth-order valence-corrected chi connectivity index (χ4v) is 3.15. The molecule has 0 aliphatic heterocycles. The molecule has 3 rings (SSSR count). The number of H-pyrrole nitrogens is 1. The molecule has 0 fully saturated rings. The Hall–Kier alpha value is -4.41. The number of alkyl carbamates (subject to hydrolysis) is 1. The lowest BCUT2D eigenvalue weighted by molar-refractivity contribution is -0.118. The fourth-order valence-electron chi connectivity index (χ4n) is 3.15. The summed E-state index contributed by atoms with van der Waals surface area (Å²) in [7, 11) is 1.17. The van der Waals surface area contributed by atoms with Crippen LogP contribution in [0, 0.1) is 0 Å². The number of hydrogen-bond donors (Lipinski definition) is 4. The van der Waals surface area contributed by atoms with Crippen LogP contribution >= 0.6 is 0 Å². The number of amides is 3. The third-order valence-corrected chi connectivity index (χ3v) is 4.73. The van der Waals surface area contributed by atoms with E-state index in [-0.39, 0.29) is 25.1 Å². The van der Waals surface area contributed by atoms with Crippen molar-refractivity contribution in [1.29, 1.82) is 0 Å². The monoisotopic (exact) mass is 452 g/mol. The van der Waals surface area contributed by atoms with Crippen molar-refractivity contribution in [1.82, 2.24) is 19.9 Å². The number of imidazole rings is 1. The van der Waals surface area contributed by atoms with Gasteiger partial charge in [-0.3, -0.25) is 14.4 Å². The highest BCUT2D eigenvalue weighted by molar-refractivity contribution is 5.96. The molecule has 11 heteroatoms. The normalized spacial score (nSPS) is 11.9. The van der Waals surface area contributed by atoms with Crippen molar-refractivity contribution in [3.05, 3.63) is 70.9 Å². The van der Waals surface area contributed by atoms with E-state index in [0.717, 1.165) is 11.0 Å². The van der Waals surface area contributed by atoms with Crippen LogP contribution in [0.2, 0.25) is 0 Å². The second-order valence-corrected chi connectivity index (χ2v) is 7.12. The van der Waals surface area contributed by atoms with Crippen LogP contribution in [-0.4, -0.2) is 45.6 Å². The first kappa shape index (κ1) is 23.3. The molecule has 0 bridgehead atoms. The molecular weight excluding hydrogens is 428 g/mol. The van der Waals surface area contributed by atoms with Gasteiger partial charge in [-0.05, 0) is 43.2 Å². The molecule has 0 radical (unpaired) electrons. The van der Waals surface area contributed by atoms with E-state index >= 15 is 0 Å². The van der Waals surface area contributed by atoms with Crippen LogP contribution in [0.25, 0.3) is 11.0 Å². The number of aromatic nitrogens is 3. The summed E-state index contributed by atoms with van der Waals surface area (Å²) in [5, 5.41) is 4.97. The topological polar surface area (TPSA) is 161 Å². The number of rotatable bonds is 9. The Morgan fingerprint density at radius 3 is 2.76 bits per heavy atom. The molecule has 0 aliphatic rings. The number of methoxy groups -OCH3 is 1. The molecule has 33 heavy (non-hydrogen) atoms. The van der Waals surface area contributed by atoms with Crippen LogP contribution < -0.4 is 21.9 Å². The van der Waals surface area contributed by atoms with Crippen LogP contribution in [0.3, 0.4) is 0 Å². The number of nitrogens with zero attached hydrogens (tertiary/aromatic N) is 2.